The molecule has 0 aromatic rings. The van der Waals surface area contributed by atoms with Crippen molar-refractivity contribution in [2.75, 3.05) is 13.7 Å². The molecule has 1 rings (SSSR count). The summed E-state index contributed by atoms with van der Waals surface area (Å²) in [6, 6.07) is 0. The first-order valence-electron chi connectivity index (χ1n) is 4.07. The Morgan fingerprint density at radius 3 is 2.75 bits per heavy atom. The summed E-state index contributed by atoms with van der Waals surface area (Å²) >= 11 is 3.19. The maximum Gasteiger partial charge on any atom is 0.321 e. The van der Waals surface area contributed by atoms with Crippen molar-refractivity contribution in [1.82, 2.24) is 0 Å². The second-order valence-corrected chi connectivity index (χ2v) is 3.98. The third-order valence-electron chi connectivity index (χ3n) is 1.99. The Bertz CT molecular complexity index is 156. The van der Waals surface area contributed by atoms with E-state index in [0.717, 1.165) is 12.8 Å². The second kappa shape index (κ2) is 4.82. The second-order valence-electron chi connectivity index (χ2n) is 2.88. The molecule has 0 heterocycles. The predicted octanol–water partition coefficient (Wildman–Crippen LogP) is 1.49. The van der Waals surface area contributed by atoms with Gasteiger partial charge >= 0.3 is 5.97 Å². The van der Waals surface area contributed by atoms with Crippen LogP contribution in [-0.4, -0.2) is 30.6 Å². The lowest BCUT2D eigenvalue weighted by molar-refractivity contribution is -0.141. The summed E-state index contributed by atoms with van der Waals surface area (Å²) in [4.78, 5) is 10.6. The number of halogens is 1. The first-order valence-corrected chi connectivity index (χ1v) is 4.99. The first-order chi connectivity index (χ1) is 5.74. The third-order valence-corrected chi connectivity index (χ3v) is 2.63. The Morgan fingerprint density at radius 1 is 1.67 bits per heavy atom. The maximum atomic E-state index is 10.9. The fraction of sp³-hybridized carbons (Fsp3) is 0.875. The summed E-state index contributed by atoms with van der Waals surface area (Å²) in [5.74, 6) is -0.269. The van der Waals surface area contributed by atoms with Gasteiger partial charge in [-0.2, -0.15) is 0 Å². The number of rotatable bonds is 4. The van der Waals surface area contributed by atoms with Gasteiger partial charge in [0.1, 0.15) is 4.83 Å². The zero-order valence-corrected chi connectivity index (χ0v) is 8.67. The van der Waals surface area contributed by atoms with E-state index >= 15 is 0 Å². The molecule has 70 valence electrons. The molecule has 1 unspecified atom stereocenters. The van der Waals surface area contributed by atoms with E-state index in [1.165, 1.54) is 13.5 Å². The lowest BCUT2D eigenvalue weighted by Crippen LogP contribution is -2.28. The van der Waals surface area contributed by atoms with Crippen LogP contribution in [0.15, 0.2) is 0 Å². The predicted molar refractivity (Wildman–Crippen MR) is 48.3 cm³/mol. The Kier molecular flexibility index (Phi) is 4.01. The minimum atomic E-state index is -0.317. The van der Waals surface area contributed by atoms with Crippen LogP contribution in [0.4, 0.5) is 0 Å². The first kappa shape index (κ1) is 9.99. The van der Waals surface area contributed by atoms with Gasteiger partial charge in [0.25, 0.3) is 0 Å². The van der Waals surface area contributed by atoms with Crippen molar-refractivity contribution < 1.29 is 14.3 Å². The molecule has 0 amide bonds. The minimum absolute atomic E-state index is 0.269. The molecule has 0 radical (unpaired) electrons. The van der Waals surface area contributed by atoms with E-state index in [1.54, 1.807) is 0 Å². The van der Waals surface area contributed by atoms with Gasteiger partial charge in [0.05, 0.1) is 19.8 Å². The van der Waals surface area contributed by atoms with Crippen molar-refractivity contribution in [3.05, 3.63) is 0 Å². The van der Waals surface area contributed by atoms with Gasteiger partial charge in [-0.05, 0) is 19.3 Å². The molecule has 0 aromatic carbocycles. The van der Waals surface area contributed by atoms with E-state index in [-0.39, 0.29) is 10.8 Å². The quantitative estimate of drug-likeness (QED) is 0.549. The number of hydrogen-bond donors (Lipinski definition) is 0. The molecule has 0 spiro atoms. The molecular formula is C8H13BrO3. The minimum Gasteiger partial charge on any atom is -0.468 e. The fourth-order valence-corrected chi connectivity index (χ4v) is 1.29. The number of hydrogen-bond acceptors (Lipinski definition) is 3. The average molecular weight is 237 g/mol. The van der Waals surface area contributed by atoms with Crippen molar-refractivity contribution in [2.45, 2.75) is 30.2 Å². The van der Waals surface area contributed by atoms with E-state index in [2.05, 4.69) is 20.7 Å². The molecule has 12 heavy (non-hydrogen) atoms. The molecule has 1 aliphatic carbocycles. The van der Waals surface area contributed by atoms with Crippen LogP contribution >= 0.6 is 15.9 Å². The molecule has 0 aromatic heterocycles. The van der Waals surface area contributed by atoms with Gasteiger partial charge in [0, 0.05) is 0 Å². The van der Waals surface area contributed by atoms with Crippen LogP contribution in [0.3, 0.4) is 0 Å². The number of ether oxygens (including phenoxy) is 2. The molecular weight excluding hydrogens is 224 g/mol. The summed E-state index contributed by atoms with van der Waals surface area (Å²) in [5.41, 5.74) is 0. The topological polar surface area (TPSA) is 35.5 Å². The highest BCUT2D eigenvalue weighted by Gasteiger charge is 2.22. The third kappa shape index (κ3) is 2.75. The van der Waals surface area contributed by atoms with E-state index < -0.39 is 0 Å². The summed E-state index contributed by atoms with van der Waals surface area (Å²) in [7, 11) is 1.37. The van der Waals surface area contributed by atoms with Crippen LogP contribution in [0.2, 0.25) is 0 Å². The molecule has 1 aliphatic rings. The highest BCUT2D eigenvalue weighted by molar-refractivity contribution is 9.10. The summed E-state index contributed by atoms with van der Waals surface area (Å²) in [6.45, 7) is 0.414. The molecule has 0 saturated heterocycles. The normalized spacial score (nSPS) is 19.8. The van der Waals surface area contributed by atoms with Crippen LogP contribution in [-0.2, 0) is 14.3 Å². The van der Waals surface area contributed by atoms with Crippen LogP contribution in [0.1, 0.15) is 19.3 Å². The van der Waals surface area contributed by atoms with Gasteiger partial charge in [0.2, 0.25) is 0 Å². The molecule has 0 N–H and O–H groups in total. The lowest BCUT2D eigenvalue weighted by atomic mass is 9.96. The van der Waals surface area contributed by atoms with E-state index in [9.17, 15) is 4.79 Å². The fourth-order valence-electron chi connectivity index (χ4n) is 0.954. The number of carbonyl (C=O) groups excluding carboxylic acids is 1. The summed E-state index contributed by atoms with van der Waals surface area (Å²) in [5, 5.41) is 0. The van der Waals surface area contributed by atoms with Crippen LogP contribution < -0.4 is 0 Å². The molecule has 0 aliphatic heterocycles. The number of esters is 1. The van der Waals surface area contributed by atoms with Crippen molar-refractivity contribution in [2.24, 2.45) is 0 Å². The Balaban J connectivity index is 2.08. The van der Waals surface area contributed by atoms with Crippen LogP contribution in [0.5, 0.6) is 0 Å². The van der Waals surface area contributed by atoms with Crippen molar-refractivity contribution >= 4 is 21.9 Å². The molecule has 1 atom stereocenters. The van der Waals surface area contributed by atoms with Gasteiger partial charge in [-0.15, -0.1) is 0 Å². The maximum absolute atomic E-state index is 10.9. The molecule has 1 saturated carbocycles. The van der Waals surface area contributed by atoms with Gasteiger partial charge in [0.15, 0.2) is 0 Å². The summed E-state index contributed by atoms with van der Waals surface area (Å²) < 4.78 is 9.95. The van der Waals surface area contributed by atoms with Crippen LogP contribution in [0.25, 0.3) is 0 Å². The Hall–Kier alpha value is -0.0900. The highest BCUT2D eigenvalue weighted by atomic mass is 79.9. The van der Waals surface area contributed by atoms with Crippen LogP contribution in [0, 0.1) is 0 Å². The lowest BCUT2D eigenvalue weighted by Gasteiger charge is -2.26. The van der Waals surface area contributed by atoms with Gasteiger partial charge in [-0.1, -0.05) is 15.9 Å². The zero-order valence-electron chi connectivity index (χ0n) is 7.09. The Morgan fingerprint density at radius 2 is 2.33 bits per heavy atom. The standard InChI is InChI=1S/C8H13BrO3/c1-11-8(10)7(9)5-12-6-3-2-4-6/h6-7H,2-5H2,1H3. The summed E-state index contributed by atoms with van der Waals surface area (Å²) in [6.07, 6.45) is 3.87. The molecule has 1 fully saturated rings. The van der Waals surface area contributed by atoms with E-state index in [0.29, 0.717) is 12.7 Å². The SMILES string of the molecule is COC(=O)C(Br)COC1CCC1. The molecule has 3 nitrogen and oxygen atoms in total. The van der Waals surface area contributed by atoms with Gasteiger partial charge in [-0.3, -0.25) is 4.79 Å². The number of alkyl halides is 1. The average Bonchev–Trinajstić information content (AvgIpc) is 2.00. The largest absolute Gasteiger partial charge is 0.468 e. The van der Waals surface area contributed by atoms with E-state index in [1.807, 2.05) is 0 Å². The van der Waals surface area contributed by atoms with Crippen molar-refractivity contribution in [3.8, 4) is 0 Å². The number of carbonyl (C=O) groups is 1. The molecule has 0 bridgehead atoms. The Labute approximate surface area is 80.5 Å². The van der Waals surface area contributed by atoms with Crippen molar-refractivity contribution in [3.63, 3.8) is 0 Å². The van der Waals surface area contributed by atoms with Gasteiger partial charge < -0.3 is 9.47 Å². The smallest absolute Gasteiger partial charge is 0.321 e. The van der Waals surface area contributed by atoms with Gasteiger partial charge in [-0.25, -0.2) is 0 Å². The van der Waals surface area contributed by atoms with E-state index in [4.69, 9.17) is 4.74 Å². The zero-order chi connectivity index (χ0) is 8.97. The monoisotopic (exact) mass is 236 g/mol. The molecule has 4 heteroatoms. The number of methoxy groups -OCH3 is 1. The highest BCUT2D eigenvalue weighted by Crippen LogP contribution is 2.22. The van der Waals surface area contributed by atoms with Crippen molar-refractivity contribution in [1.29, 1.82) is 0 Å².